The number of carboxylic acids is 1. The first kappa shape index (κ1) is 18.9. The minimum absolute atomic E-state index is 0.181. The summed E-state index contributed by atoms with van der Waals surface area (Å²) in [6.45, 7) is -0.149. The summed E-state index contributed by atoms with van der Waals surface area (Å²) in [5, 5.41) is 9.18. The molecule has 0 atom stereocenters. The number of amides is 2. The molecule has 2 amide bonds. The second-order valence-electron chi connectivity index (χ2n) is 6.52. The zero-order valence-corrected chi connectivity index (χ0v) is 15.9. The summed E-state index contributed by atoms with van der Waals surface area (Å²) in [4.78, 5) is 36.2. The van der Waals surface area contributed by atoms with Crippen LogP contribution in [0.1, 0.15) is 11.1 Å². The monoisotopic (exact) mass is 410 g/mol. The predicted molar refractivity (Wildman–Crippen MR) is 108 cm³/mol. The Kier molecular flexibility index (Phi) is 4.94. The Hall–Kier alpha value is -3.39. The van der Waals surface area contributed by atoms with Gasteiger partial charge in [0.1, 0.15) is 12.4 Å². The summed E-state index contributed by atoms with van der Waals surface area (Å²) >= 11 is 0.726. The number of aliphatic carboxylic acids is 1. The first-order valence-electron chi connectivity index (χ1n) is 8.72. The molecule has 0 saturated carbocycles. The number of rotatable bonds is 5. The number of fused-ring (bicyclic) bond motifs is 1. The van der Waals surface area contributed by atoms with Crippen molar-refractivity contribution in [3.8, 4) is 0 Å². The Morgan fingerprint density at radius 1 is 1.10 bits per heavy atom. The lowest BCUT2D eigenvalue weighted by molar-refractivity contribution is -0.140. The standard InChI is InChI=1S/C21H15FN2O4S/c22-15-7-5-13(6-8-15)10-23-11-14(16-3-1-2-4-17(16)23)9-18-20(27)24(12-19(25)26)21(28)29-18/h1-9,11H,10,12H2,(H,25,26)/b18-9+. The third-order valence-electron chi connectivity index (χ3n) is 4.54. The quantitative estimate of drug-likeness (QED) is 0.645. The van der Waals surface area contributed by atoms with Crippen LogP contribution in [0.4, 0.5) is 9.18 Å². The Bertz CT molecular complexity index is 1170. The number of benzene rings is 2. The van der Waals surface area contributed by atoms with Gasteiger partial charge in [-0.2, -0.15) is 0 Å². The maximum atomic E-state index is 13.2. The maximum Gasteiger partial charge on any atom is 0.323 e. The highest BCUT2D eigenvalue weighted by atomic mass is 32.2. The number of carboxylic acid groups (broad SMARTS) is 1. The van der Waals surface area contributed by atoms with Crippen LogP contribution in [0.2, 0.25) is 0 Å². The molecular formula is C21H15FN2O4S. The Balaban J connectivity index is 1.70. The molecule has 1 fully saturated rings. The van der Waals surface area contributed by atoms with Gasteiger partial charge in [-0.3, -0.25) is 19.3 Å². The fourth-order valence-corrected chi connectivity index (χ4v) is 4.05. The van der Waals surface area contributed by atoms with E-state index >= 15 is 0 Å². The van der Waals surface area contributed by atoms with E-state index in [9.17, 15) is 18.8 Å². The number of imide groups is 1. The molecule has 2 aromatic carbocycles. The van der Waals surface area contributed by atoms with E-state index < -0.39 is 23.7 Å². The highest BCUT2D eigenvalue weighted by molar-refractivity contribution is 8.18. The minimum Gasteiger partial charge on any atom is -0.480 e. The topological polar surface area (TPSA) is 79.6 Å². The lowest BCUT2D eigenvalue weighted by Crippen LogP contribution is -2.33. The van der Waals surface area contributed by atoms with Gasteiger partial charge in [0.15, 0.2) is 0 Å². The van der Waals surface area contributed by atoms with Gasteiger partial charge in [-0.1, -0.05) is 30.3 Å². The largest absolute Gasteiger partial charge is 0.480 e. The van der Waals surface area contributed by atoms with Crippen molar-refractivity contribution in [1.29, 1.82) is 0 Å². The van der Waals surface area contributed by atoms with Crippen LogP contribution in [-0.4, -0.2) is 38.2 Å². The van der Waals surface area contributed by atoms with Crippen molar-refractivity contribution in [2.45, 2.75) is 6.54 Å². The van der Waals surface area contributed by atoms with Crippen LogP contribution in [0.25, 0.3) is 17.0 Å². The number of hydrogen-bond acceptors (Lipinski definition) is 4. The molecule has 0 unspecified atom stereocenters. The number of hydrogen-bond donors (Lipinski definition) is 1. The fraction of sp³-hybridized carbons (Fsp3) is 0.0952. The zero-order valence-electron chi connectivity index (χ0n) is 15.0. The Morgan fingerprint density at radius 3 is 2.55 bits per heavy atom. The van der Waals surface area contributed by atoms with Crippen LogP contribution in [0, 0.1) is 5.82 Å². The Morgan fingerprint density at radius 2 is 1.83 bits per heavy atom. The summed E-state index contributed by atoms with van der Waals surface area (Å²) in [5.74, 6) is -2.16. The molecule has 1 aliphatic rings. The molecule has 4 rings (SSSR count). The first-order valence-corrected chi connectivity index (χ1v) is 9.53. The van der Waals surface area contributed by atoms with Crippen LogP contribution < -0.4 is 0 Å². The Labute approximate surface area is 169 Å². The van der Waals surface area contributed by atoms with E-state index in [2.05, 4.69) is 0 Å². The number of thioether (sulfide) groups is 1. The first-order chi connectivity index (χ1) is 13.9. The molecule has 8 heteroatoms. The van der Waals surface area contributed by atoms with Crippen molar-refractivity contribution in [1.82, 2.24) is 9.47 Å². The molecule has 0 bridgehead atoms. The summed E-state index contributed by atoms with van der Waals surface area (Å²) in [5.41, 5.74) is 2.58. The minimum atomic E-state index is -1.25. The summed E-state index contributed by atoms with van der Waals surface area (Å²) in [6.07, 6.45) is 3.47. The smallest absolute Gasteiger partial charge is 0.323 e. The molecule has 1 aromatic heterocycles. The van der Waals surface area contributed by atoms with Crippen LogP contribution in [0.5, 0.6) is 0 Å². The average Bonchev–Trinajstić information content (AvgIpc) is 3.16. The SMILES string of the molecule is O=C(O)CN1C(=O)S/C(=C/c2cn(Cc3ccc(F)cc3)c3ccccc23)C1=O. The second-order valence-corrected chi connectivity index (χ2v) is 7.51. The maximum absolute atomic E-state index is 13.2. The lowest BCUT2D eigenvalue weighted by Gasteiger charge is -2.07. The van der Waals surface area contributed by atoms with Gasteiger partial charge in [-0.05, 0) is 41.6 Å². The van der Waals surface area contributed by atoms with Gasteiger partial charge in [0.25, 0.3) is 11.1 Å². The van der Waals surface area contributed by atoms with Crippen molar-refractivity contribution < 1.29 is 23.9 Å². The number of carbonyl (C=O) groups excluding carboxylic acids is 2. The van der Waals surface area contributed by atoms with Crippen molar-refractivity contribution in [3.63, 3.8) is 0 Å². The molecule has 0 aliphatic carbocycles. The highest BCUT2D eigenvalue weighted by Crippen LogP contribution is 2.34. The van der Waals surface area contributed by atoms with Gasteiger partial charge < -0.3 is 9.67 Å². The lowest BCUT2D eigenvalue weighted by atomic mass is 10.1. The molecule has 1 N–H and O–H groups in total. The molecule has 146 valence electrons. The molecule has 1 saturated heterocycles. The van der Waals surface area contributed by atoms with Crippen LogP contribution in [0.15, 0.2) is 59.6 Å². The molecule has 29 heavy (non-hydrogen) atoms. The summed E-state index contributed by atoms with van der Waals surface area (Å²) < 4.78 is 15.2. The van der Waals surface area contributed by atoms with E-state index in [1.807, 2.05) is 35.0 Å². The molecule has 0 radical (unpaired) electrons. The molecule has 1 aliphatic heterocycles. The summed E-state index contributed by atoms with van der Waals surface area (Å²) in [6, 6.07) is 13.8. The molecule has 0 spiro atoms. The van der Waals surface area contributed by atoms with Crippen LogP contribution in [-0.2, 0) is 16.1 Å². The van der Waals surface area contributed by atoms with Crippen LogP contribution in [0.3, 0.4) is 0 Å². The van der Waals surface area contributed by atoms with E-state index in [1.165, 1.54) is 12.1 Å². The average molecular weight is 410 g/mol. The summed E-state index contributed by atoms with van der Waals surface area (Å²) in [7, 11) is 0. The second kappa shape index (κ2) is 7.56. The van der Waals surface area contributed by atoms with Gasteiger partial charge in [-0.25, -0.2) is 4.39 Å². The number of aromatic nitrogens is 1. The number of para-hydroxylation sites is 1. The van der Waals surface area contributed by atoms with Crippen molar-refractivity contribution in [3.05, 3.63) is 76.6 Å². The molecule has 6 nitrogen and oxygen atoms in total. The normalized spacial score (nSPS) is 15.6. The highest BCUT2D eigenvalue weighted by Gasteiger charge is 2.36. The fourth-order valence-electron chi connectivity index (χ4n) is 3.22. The zero-order chi connectivity index (χ0) is 20.5. The van der Waals surface area contributed by atoms with E-state index in [1.54, 1.807) is 18.2 Å². The molecule has 2 heterocycles. The predicted octanol–water partition coefficient (Wildman–Crippen LogP) is 3.95. The van der Waals surface area contributed by atoms with E-state index in [4.69, 9.17) is 5.11 Å². The van der Waals surface area contributed by atoms with Gasteiger partial charge in [-0.15, -0.1) is 0 Å². The molecule has 3 aromatic rings. The number of carbonyl (C=O) groups is 3. The van der Waals surface area contributed by atoms with Gasteiger partial charge >= 0.3 is 5.97 Å². The van der Waals surface area contributed by atoms with E-state index in [-0.39, 0.29) is 10.7 Å². The van der Waals surface area contributed by atoms with Gasteiger partial charge in [0.2, 0.25) is 0 Å². The van der Waals surface area contributed by atoms with Crippen molar-refractivity contribution in [2.75, 3.05) is 6.54 Å². The van der Waals surface area contributed by atoms with Crippen LogP contribution >= 0.6 is 11.8 Å². The third kappa shape index (κ3) is 3.79. The van der Waals surface area contributed by atoms with Gasteiger partial charge in [0, 0.05) is 29.2 Å². The molecular weight excluding hydrogens is 395 g/mol. The van der Waals surface area contributed by atoms with Crippen molar-refractivity contribution in [2.24, 2.45) is 0 Å². The number of halogens is 1. The van der Waals surface area contributed by atoms with Crippen molar-refractivity contribution >= 4 is 45.9 Å². The number of nitrogens with zero attached hydrogens (tertiary/aromatic N) is 2. The van der Waals surface area contributed by atoms with E-state index in [0.717, 1.165) is 38.7 Å². The third-order valence-corrected chi connectivity index (χ3v) is 5.45. The van der Waals surface area contributed by atoms with E-state index in [0.29, 0.717) is 6.54 Å². The van der Waals surface area contributed by atoms with Gasteiger partial charge in [0.05, 0.1) is 4.91 Å².